The van der Waals surface area contributed by atoms with E-state index in [4.69, 9.17) is 9.47 Å². The van der Waals surface area contributed by atoms with Gasteiger partial charge < -0.3 is 25.0 Å². The second kappa shape index (κ2) is 14.7. The van der Waals surface area contributed by atoms with Gasteiger partial charge in [-0.15, -0.1) is 0 Å². The van der Waals surface area contributed by atoms with Gasteiger partial charge >= 0.3 is 5.97 Å². The van der Waals surface area contributed by atoms with Gasteiger partial charge in [0.15, 0.2) is 0 Å². The van der Waals surface area contributed by atoms with Gasteiger partial charge in [0.25, 0.3) is 0 Å². The normalized spacial score (nSPS) is 14.9. The zero-order valence-corrected chi connectivity index (χ0v) is 27.0. The first-order chi connectivity index (χ1) is 18.4. The van der Waals surface area contributed by atoms with Crippen molar-refractivity contribution < 1.29 is 23.9 Å². The maximum Gasteiger partial charge on any atom is 0.333 e. The molecular weight excluding hydrogens is 506 g/mol. The highest BCUT2D eigenvalue weighted by Gasteiger charge is 2.41. The van der Waals surface area contributed by atoms with Crippen molar-refractivity contribution >= 4 is 17.8 Å². The molecule has 2 amide bonds. The fourth-order valence-electron chi connectivity index (χ4n) is 4.77. The molecular formula is C32H53N3O5. The van der Waals surface area contributed by atoms with E-state index in [1.807, 2.05) is 86.6 Å². The summed E-state index contributed by atoms with van der Waals surface area (Å²) in [7, 11) is 3.47. The summed E-state index contributed by atoms with van der Waals surface area (Å²) in [5.41, 5.74) is 0.249. The lowest BCUT2D eigenvalue weighted by Crippen LogP contribution is -2.61. The van der Waals surface area contributed by atoms with Gasteiger partial charge in [-0.1, -0.05) is 66.7 Å². The van der Waals surface area contributed by atoms with Crippen molar-refractivity contribution in [1.29, 1.82) is 0 Å². The largest absolute Gasteiger partial charge is 0.491 e. The summed E-state index contributed by atoms with van der Waals surface area (Å²) in [6, 6.07) is 6.01. The summed E-state index contributed by atoms with van der Waals surface area (Å²) in [5.74, 6) is -0.0985. The van der Waals surface area contributed by atoms with Crippen LogP contribution in [0.5, 0.6) is 5.75 Å². The summed E-state index contributed by atoms with van der Waals surface area (Å²) in [4.78, 5) is 41.6. The fourth-order valence-corrected chi connectivity index (χ4v) is 4.77. The Labute approximate surface area is 242 Å². The third-order valence-electron chi connectivity index (χ3n) is 7.14. The highest BCUT2D eigenvalue weighted by Crippen LogP contribution is 2.30. The number of benzene rings is 1. The van der Waals surface area contributed by atoms with Gasteiger partial charge in [0.2, 0.25) is 11.8 Å². The van der Waals surface area contributed by atoms with Gasteiger partial charge in [-0.05, 0) is 63.8 Å². The molecule has 3 atom stereocenters. The van der Waals surface area contributed by atoms with Crippen molar-refractivity contribution in [2.45, 2.75) is 106 Å². The Kier molecular flexibility index (Phi) is 12.9. The van der Waals surface area contributed by atoms with E-state index in [-0.39, 0.29) is 36.5 Å². The maximum atomic E-state index is 13.9. The Morgan fingerprint density at radius 2 is 1.52 bits per heavy atom. The van der Waals surface area contributed by atoms with Crippen molar-refractivity contribution in [3.8, 4) is 5.75 Å². The smallest absolute Gasteiger partial charge is 0.333 e. The lowest BCUT2D eigenvalue weighted by atomic mass is 9.76. The van der Waals surface area contributed by atoms with E-state index in [9.17, 15) is 14.4 Å². The third-order valence-corrected chi connectivity index (χ3v) is 7.14. The number of nitrogens with zero attached hydrogens (tertiary/aromatic N) is 1. The first kappa shape index (κ1) is 35.2. The van der Waals surface area contributed by atoms with Crippen LogP contribution in [0.2, 0.25) is 0 Å². The molecule has 0 aliphatic rings. The highest BCUT2D eigenvalue weighted by molar-refractivity contribution is 5.92. The number of amides is 2. The molecule has 40 heavy (non-hydrogen) atoms. The Balaban J connectivity index is 3.29. The summed E-state index contributed by atoms with van der Waals surface area (Å²) in [6.07, 6.45) is 1.84. The first-order valence-electron chi connectivity index (χ1n) is 14.2. The molecule has 1 aromatic rings. The van der Waals surface area contributed by atoms with Crippen LogP contribution < -0.4 is 15.4 Å². The predicted molar refractivity (Wildman–Crippen MR) is 161 cm³/mol. The Morgan fingerprint density at radius 3 is 1.95 bits per heavy atom. The standard InChI is InChI=1S/C32H53N3O5/c1-14-39-30(38)22(6)19-25(20(2)3)35(13)29(37)27(31(7,8)9)34-28(36)26(33-12)32(10,11)23-15-17-24(18-16-23)40-21(4)5/h15-21,25-27,33H,14H2,1-13H3,(H,34,36)/b22-19+/t25-,26+,27-/m1/s1. The van der Waals surface area contributed by atoms with Gasteiger partial charge in [-0.2, -0.15) is 0 Å². The summed E-state index contributed by atoms with van der Waals surface area (Å²) < 4.78 is 10.9. The van der Waals surface area contributed by atoms with E-state index in [1.54, 1.807) is 38.9 Å². The molecule has 0 saturated carbocycles. The molecule has 8 heteroatoms. The number of hydrogen-bond acceptors (Lipinski definition) is 6. The zero-order valence-electron chi connectivity index (χ0n) is 27.0. The minimum absolute atomic E-state index is 0.0290. The van der Waals surface area contributed by atoms with Crippen molar-refractivity contribution in [1.82, 2.24) is 15.5 Å². The average Bonchev–Trinajstić information content (AvgIpc) is 2.84. The van der Waals surface area contributed by atoms with Crippen LogP contribution in [0.3, 0.4) is 0 Å². The van der Waals surface area contributed by atoms with E-state index in [0.717, 1.165) is 11.3 Å². The number of nitrogens with one attached hydrogen (secondary N) is 2. The van der Waals surface area contributed by atoms with Crippen molar-refractivity contribution in [2.24, 2.45) is 11.3 Å². The molecule has 0 aromatic heterocycles. The monoisotopic (exact) mass is 559 g/mol. The van der Waals surface area contributed by atoms with E-state index in [1.165, 1.54) is 0 Å². The number of carbonyl (C=O) groups is 3. The van der Waals surface area contributed by atoms with Crippen LogP contribution in [-0.4, -0.2) is 67.6 Å². The minimum atomic E-state index is -0.795. The molecule has 0 heterocycles. The van der Waals surface area contributed by atoms with Crippen molar-refractivity contribution in [3.63, 3.8) is 0 Å². The molecule has 0 bridgehead atoms. The Hall–Kier alpha value is -2.87. The quantitative estimate of drug-likeness (QED) is 0.265. The van der Waals surface area contributed by atoms with Gasteiger partial charge in [0.1, 0.15) is 11.8 Å². The molecule has 0 saturated heterocycles. The zero-order chi connectivity index (χ0) is 31.0. The number of likely N-dealkylation sites (N-methyl/N-ethyl adjacent to an activating group) is 2. The van der Waals surface area contributed by atoms with Crippen LogP contribution in [0, 0.1) is 11.3 Å². The third kappa shape index (κ3) is 9.36. The average molecular weight is 560 g/mol. The van der Waals surface area contributed by atoms with Crippen LogP contribution >= 0.6 is 0 Å². The molecule has 0 aliphatic heterocycles. The molecule has 0 radical (unpaired) electrons. The van der Waals surface area contributed by atoms with Crippen LogP contribution in [0.4, 0.5) is 0 Å². The van der Waals surface area contributed by atoms with Gasteiger partial charge in [0, 0.05) is 18.0 Å². The molecule has 2 N–H and O–H groups in total. The van der Waals surface area contributed by atoms with Crippen LogP contribution in [0.15, 0.2) is 35.9 Å². The van der Waals surface area contributed by atoms with E-state index in [2.05, 4.69) is 10.6 Å². The maximum absolute atomic E-state index is 13.9. The molecule has 1 rings (SSSR count). The molecule has 226 valence electrons. The van der Waals surface area contributed by atoms with E-state index >= 15 is 0 Å². The van der Waals surface area contributed by atoms with Crippen LogP contribution in [0.25, 0.3) is 0 Å². The first-order valence-corrected chi connectivity index (χ1v) is 14.2. The second-order valence-electron chi connectivity index (χ2n) is 12.7. The number of esters is 1. The predicted octanol–water partition coefficient (Wildman–Crippen LogP) is 4.86. The molecule has 0 spiro atoms. The van der Waals surface area contributed by atoms with Crippen LogP contribution in [-0.2, 0) is 24.5 Å². The molecule has 0 aliphatic carbocycles. The topological polar surface area (TPSA) is 97.0 Å². The van der Waals surface area contributed by atoms with Crippen molar-refractivity contribution in [2.75, 3.05) is 20.7 Å². The van der Waals surface area contributed by atoms with Gasteiger partial charge in [-0.3, -0.25) is 9.59 Å². The van der Waals surface area contributed by atoms with Gasteiger partial charge in [-0.25, -0.2) is 4.79 Å². The number of carbonyl (C=O) groups excluding carboxylic acids is 3. The minimum Gasteiger partial charge on any atom is -0.491 e. The number of ether oxygens (including phenoxy) is 2. The molecule has 0 fully saturated rings. The molecule has 8 nitrogen and oxygen atoms in total. The highest BCUT2D eigenvalue weighted by atomic mass is 16.5. The lowest BCUT2D eigenvalue weighted by molar-refractivity contribution is -0.141. The van der Waals surface area contributed by atoms with Crippen molar-refractivity contribution in [3.05, 3.63) is 41.5 Å². The second-order valence-corrected chi connectivity index (χ2v) is 12.7. The van der Waals surface area contributed by atoms with E-state index in [0.29, 0.717) is 5.57 Å². The Morgan fingerprint density at radius 1 is 0.975 bits per heavy atom. The number of hydrogen-bond donors (Lipinski definition) is 2. The molecule has 1 aromatic carbocycles. The fraction of sp³-hybridized carbons (Fsp3) is 0.656. The number of rotatable bonds is 13. The molecule has 0 unspecified atom stereocenters. The summed E-state index contributed by atoms with van der Waals surface area (Å²) >= 11 is 0. The van der Waals surface area contributed by atoms with Gasteiger partial charge in [0.05, 0.1) is 24.8 Å². The Bertz CT molecular complexity index is 1020. The van der Waals surface area contributed by atoms with Crippen LogP contribution in [0.1, 0.15) is 81.7 Å². The lowest BCUT2D eigenvalue weighted by Gasteiger charge is -2.40. The summed E-state index contributed by atoms with van der Waals surface area (Å²) in [6.45, 7) is 21.5. The SMILES string of the molecule is CCOC(=O)/C(C)=C/[C@H](C(C)C)N(C)C(=O)[C@@H](NC(=O)[C@H](NC)C(C)(C)c1ccc(OC(C)C)cc1)C(C)(C)C. The van der Waals surface area contributed by atoms with E-state index < -0.39 is 28.9 Å². The summed E-state index contributed by atoms with van der Waals surface area (Å²) in [5, 5.41) is 6.24.